The third-order valence-corrected chi connectivity index (χ3v) is 5.19. The molecule has 0 bridgehead atoms. The molecule has 1 saturated heterocycles. The SMILES string of the molecule is CC1CN(S(=O)(=O)c2ccc(C(=O)O)c(Cl)c2)CCO1. The molecule has 1 unspecified atom stereocenters. The second kappa shape index (κ2) is 5.69. The molecule has 1 fully saturated rings. The molecule has 20 heavy (non-hydrogen) atoms. The normalized spacial score (nSPS) is 20.8. The van der Waals surface area contributed by atoms with Gasteiger partial charge < -0.3 is 9.84 Å². The van der Waals surface area contributed by atoms with Crippen molar-refractivity contribution in [3.05, 3.63) is 28.8 Å². The number of ether oxygens (including phenoxy) is 1. The van der Waals surface area contributed by atoms with Gasteiger partial charge in [0.2, 0.25) is 10.0 Å². The van der Waals surface area contributed by atoms with E-state index in [0.717, 1.165) is 0 Å². The monoisotopic (exact) mass is 319 g/mol. The van der Waals surface area contributed by atoms with E-state index in [1.54, 1.807) is 6.92 Å². The molecule has 1 atom stereocenters. The van der Waals surface area contributed by atoms with Gasteiger partial charge in [-0.05, 0) is 25.1 Å². The van der Waals surface area contributed by atoms with Crippen molar-refractivity contribution in [2.45, 2.75) is 17.9 Å². The van der Waals surface area contributed by atoms with Gasteiger partial charge in [0.05, 0.1) is 28.2 Å². The van der Waals surface area contributed by atoms with Crippen LogP contribution in [0.4, 0.5) is 0 Å². The lowest BCUT2D eigenvalue weighted by molar-refractivity contribution is 0.0102. The number of carboxylic acid groups (broad SMARTS) is 1. The molecule has 0 amide bonds. The summed E-state index contributed by atoms with van der Waals surface area (Å²) < 4.78 is 31.5. The number of carbonyl (C=O) groups is 1. The summed E-state index contributed by atoms with van der Waals surface area (Å²) in [6, 6.07) is 3.62. The average Bonchev–Trinajstić information content (AvgIpc) is 2.38. The lowest BCUT2D eigenvalue weighted by atomic mass is 10.2. The minimum Gasteiger partial charge on any atom is -0.478 e. The fraction of sp³-hybridized carbons (Fsp3) is 0.417. The Labute approximate surface area is 122 Å². The Bertz CT molecular complexity index is 631. The van der Waals surface area contributed by atoms with Crippen LogP contribution in [0.25, 0.3) is 0 Å². The third-order valence-electron chi connectivity index (χ3n) is 3.01. The zero-order valence-electron chi connectivity index (χ0n) is 10.7. The van der Waals surface area contributed by atoms with Gasteiger partial charge in [0.1, 0.15) is 0 Å². The molecule has 0 radical (unpaired) electrons. The molecule has 1 aromatic rings. The van der Waals surface area contributed by atoms with Gasteiger partial charge in [-0.15, -0.1) is 0 Å². The van der Waals surface area contributed by atoms with Gasteiger partial charge in [0.15, 0.2) is 0 Å². The van der Waals surface area contributed by atoms with Crippen molar-refractivity contribution in [3.8, 4) is 0 Å². The van der Waals surface area contributed by atoms with Gasteiger partial charge in [0.25, 0.3) is 0 Å². The first-order valence-corrected chi connectivity index (χ1v) is 7.79. The van der Waals surface area contributed by atoms with Gasteiger partial charge >= 0.3 is 5.97 Å². The summed E-state index contributed by atoms with van der Waals surface area (Å²) in [4.78, 5) is 10.9. The van der Waals surface area contributed by atoms with Crippen LogP contribution in [0.2, 0.25) is 5.02 Å². The van der Waals surface area contributed by atoms with E-state index in [1.165, 1.54) is 22.5 Å². The minimum absolute atomic E-state index is 0.0124. The predicted octanol–water partition coefficient (Wildman–Crippen LogP) is 1.45. The lowest BCUT2D eigenvalue weighted by Crippen LogP contribution is -2.44. The fourth-order valence-corrected chi connectivity index (χ4v) is 3.84. The van der Waals surface area contributed by atoms with Gasteiger partial charge in [0, 0.05) is 13.1 Å². The molecule has 1 aliphatic rings. The molecule has 1 N–H and O–H groups in total. The molecular formula is C12H14ClNO5S. The average molecular weight is 320 g/mol. The quantitative estimate of drug-likeness (QED) is 0.911. The second-order valence-corrected chi connectivity index (χ2v) is 6.84. The van der Waals surface area contributed by atoms with Crippen LogP contribution in [0.15, 0.2) is 23.1 Å². The topological polar surface area (TPSA) is 83.9 Å². The van der Waals surface area contributed by atoms with Gasteiger partial charge in [-0.25, -0.2) is 13.2 Å². The van der Waals surface area contributed by atoms with Crippen molar-refractivity contribution in [2.75, 3.05) is 19.7 Å². The van der Waals surface area contributed by atoms with Crippen molar-refractivity contribution < 1.29 is 23.1 Å². The van der Waals surface area contributed by atoms with Gasteiger partial charge in [-0.2, -0.15) is 4.31 Å². The molecule has 110 valence electrons. The lowest BCUT2D eigenvalue weighted by Gasteiger charge is -2.30. The highest BCUT2D eigenvalue weighted by atomic mass is 35.5. The molecule has 0 aromatic heterocycles. The third kappa shape index (κ3) is 2.95. The van der Waals surface area contributed by atoms with Crippen LogP contribution in [-0.2, 0) is 14.8 Å². The minimum atomic E-state index is -3.68. The number of rotatable bonds is 3. The summed E-state index contributed by atoms with van der Waals surface area (Å²) in [6.45, 7) is 2.66. The summed E-state index contributed by atoms with van der Waals surface area (Å²) in [7, 11) is -3.68. The number of benzene rings is 1. The Kier molecular flexibility index (Phi) is 4.33. The van der Waals surface area contributed by atoms with E-state index in [2.05, 4.69) is 0 Å². The fourth-order valence-electron chi connectivity index (χ4n) is 1.98. The Balaban J connectivity index is 2.34. The zero-order valence-corrected chi connectivity index (χ0v) is 12.3. The zero-order chi connectivity index (χ0) is 14.9. The largest absolute Gasteiger partial charge is 0.478 e. The van der Waals surface area contributed by atoms with Crippen LogP contribution in [0.3, 0.4) is 0 Å². The Hall–Kier alpha value is -1.15. The maximum absolute atomic E-state index is 12.4. The molecule has 6 nitrogen and oxygen atoms in total. The molecular weight excluding hydrogens is 306 g/mol. The number of carboxylic acids is 1. The molecule has 0 saturated carbocycles. The number of sulfonamides is 1. The number of halogens is 1. The highest BCUT2D eigenvalue weighted by molar-refractivity contribution is 7.89. The summed E-state index contributed by atoms with van der Waals surface area (Å²) in [5, 5.41) is 8.78. The first-order valence-electron chi connectivity index (χ1n) is 5.97. The van der Waals surface area contributed by atoms with Crippen LogP contribution in [0, 0.1) is 0 Å². The van der Waals surface area contributed by atoms with E-state index in [-0.39, 0.29) is 34.7 Å². The molecule has 0 spiro atoms. The molecule has 0 aliphatic carbocycles. The number of nitrogens with zero attached hydrogens (tertiary/aromatic N) is 1. The Morgan fingerprint density at radius 3 is 2.75 bits per heavy atom. The number of morpholine rings is 1. The van der Waals surface area contributed by atoms with Gasteiger partial charge in [-0.3, -0.25) is 0 Å². The molecule has 1 aromatic carbocycles. The van der Waals surface area contributed by atoms with Crippen molar-refractivity contribution in [2.24, 2.45) is 0 Å². The van der Waals surface area contributed by atoms with Crippen LogP contribution in [-0.4, -0.2) is 49.6 Å². The van der Waals surface area contributed by atoms with Gasteiger partial charge in [-0.1, -0.05) is 11.6 Å². The highest BCUT2D eigenvalue weighted by Crippen LogP contribution is 2.24. The standard InChI is InChI=1S/C12H14ClNO5S/c1-8-7-14(4-5-19-8)20(17,18)9-2-3-10(12(15)16)11(13)6-9/h2-3,6,8H,4-5,7H2,1H3,(H,15,16). The predicted molar refractivity (Wildman–Crippen MR) is 72.6 cm³/mol. The second-order valence-electron chi connectivity index (χ2n) is 4.49. The summed E-state index contributed by atoms with van der Waals surface area (Å²) in [5.74, 6) is -1.20. The van der Waals surface area contributed by atoms with Crippen molar-refractivity contribution in [3.63, 3.8) is 0 Å². The first kappa shape index (κ1) is 15.2. The maximum atomic E-state index is 12.4. The Morgan fingerprint density at radius 1 is 1.50 bits per heavy atom. The van der Waals surface area contributed by atoms with E-state index in [0.29, 0.717) is 6.61 Å². The van der Waals surface area contributed by atoms with E-state index >= 15 is 0 Å². The van der Waals surface area contributed by atoms with Crippen LogP contribution < -0.4 is 0 Å². The summed E-state index contributed by atoms with van der Waals surface area (Å²) >= 11 is 5.81. The van der Waals surface area contributed by atoms with Crippen LogP contribution in [0.1, 0.15) is 17.3 Å². The van der Waals surface area contributed by atoms with Crippen LogP contribution in [0.5, 0.6) is 0 Å². The van der Waals surface area contributed by atoms with E-state index < -0.39 is 16.0 Å². The molecule has 1 heterocycles. The number of hydrogen-bond acceptors (Lipinski definition) is 4. The molecule has 2 rings (SSSR count). The molecule has 1 aliphatic heterocycles. The van der Waals surface area contributed by atoms with Crippen molar-refractivity contribution in [1.82, 2.24) is 4.31 Å². The highest BCUT2D eigenvalue weighted by Gasteiger charge is 2.29. The van der Waals surface area contributed by atoms with Crippen molar-refractivity contribution >= 4 is 27.6 Å². The number of hydrogen-bond donors (Lipinski definition) is 1. The summed E-state index contributed by atoms with van der Waals surface area (Å²) in [5.41, 5.74) is -0.124. The summed E-state index contributed by atoms with van der Waals surface area (Å²) in [6.07, 6.45) is -0.174. The maximum Gasteiger partial charge on any atom is 0.337 e. The van der Waals surface area contributed by atoms with Crippen molar-refractivity contribution in [1.29, 1.82) is 0 Å². The smallest absolute Gasteiger partial charge is 0.337 e. The van der Waals surface area contributed by atoms with E-state index in [4.69, 9.17) is 21.4 Å². The number of aromatic carboxylic acids is 1. The van der Waals surface area contributed by atoms with E-state index in [9.17, 15) is 13.2 Å². The Morgan fingerprint density at radius 2 is 2.20 bits per heavy atom. The molecule has 8 heteroatoms. The van der Waals surface area contributed by atoms with Crippen LogP contribution >= 0.6 is 11.6 Å². The first-order chi connectivity index (χ1) is 9.32. The van der Waals surface area contributed by atoms with E-state index in [1.807, 2.05) is 0 Å².